The summed E-state index contributed by atoms with van der Waals surface area (Å²) in [5.41, 5.74) is 2.73. The average Bonchev–Trinajstić information content (AvgIpc) is 2.97. The molecule has 0 spiro atoms. The van der Waals surface area contributed by atoms with E-state index in [0.29, 0.717) is 16.3 Å². The molecule has 41 heavy (non-hydrogen) atoms. The third-order valence-electron chi connectivity index (χ3n) is 7.67. The Hall–Kier alpha value is -3.36. The fourth-order valence-corrected chi connectivity index (χ4v) is 6.92. The van der Waals surface area contributed by atoms with Gasteiger partial charge in [-0.05, 0) is 69.0 Å². The topological polar surface area (TPSA) is 86.8 Å². The first-order chi connectivity index (χ1) is 19.6. The number of benzene rings is 3. The molecule has 0 aliphatic heterocycles. The standard InChI is InChI=1S/C32H38ClN3O4S/c1-23-12-10-13-26(20-23)21-35(25(3)32(38)34-27-14-6-4-7-15-27)31(37)22-36(30-19-11-18-29(33)24(30)2)41(39,40)28-16-8-5-9-17-28/h5,8-13,16-20,25,27H,4,6-7,14-15,21-22H2,1-3H3,(H,34,38)/t25-/m1/s1. The van der Waals surface area contributed by atoms with Crippen LogP contribution in [0.15, 0.2) is 77.7 Å². The third-order valence-corrected chi connectivity index (χ3v) is 9.86. The molecular formula is C32H38ClN3O4S. The molecule has 7 nitrogen and oxygen atoms in total. The van der Waals surface area contributed by atoms with Gasteiger partial charge in [0, 0.05) is 17.6 Å². The summed E-state index contributed by atoms with van der Waals surface area (Å²) in [6.07, 6.45) is 5.13. The molecule has 4 rings (SSSR count). The molecule has 1 fully saturated rings. The van der Waals surface area contributed by atoms with Crippen LogP contribution in [0.3, 0.4) is 0 Å². The summed E-state index contributed by atoms with van der Waals surface area (Å²) >= 11 is 6.39. The molecule has 9 heteroatoms. The fraction of sp³-hybridized carbons (Fsp3) is 0.375. The van der Waals surface area contributed by atoms with Gasteiger partial charge in [-0.1, -0.05) is 85.0 Å². The molecule has 218 valence electrons. The van der Waals surface area contributed by atoms with E-state index in [-0.39, 0.29) is 23.4 Å². The maximum absolute atomic E-state index is 14.1. The lowest BCUT2D eigenvalue weighted by Crippen LogP contribution is -2.53. The lowest BCUT2D eigenvalue weighted by molar-refractivity contribution is -0.139. The van der Waals surface area contributed by atoms with Gasteiger partial charge in [-0.2, -0.15) is 0 Å². The molecule has 3 aromatic rings. The maximum atomic E-state index is 14.1. The second kappa shape index (κ2) is 13.5. The van der Waals surface area contributed by atoms with Crippen LogP contribution in [-0.2, 0) is 26.2 Å². The van der Waals surface area contributed by atoms with Crippen LogP contribution in [-0.4, -0.2) is 43.8 Å². The van der Waals surface area contributed by atoms with E-state index in [2.05, 4.69) is 5.32 Å². The molecule has 1 N–H and O–H groups in total. The van der Waals surface area contributed by atoms with Gasteiger partial charge in [-0.25, -0.2) is 8.42 Å². The van der Waals surface area contributed by atoms with Crippen LogP contribution in [0.25, 0.3) is 0 Å². The molecule has 1 aliphatic rings. The number of carbonyl (C=O) groups excluding carboxylic acids is 2. The lowest BCUT2D eigenvalue weighted by Gasteiger charge is -2.33. The van der Waals surface area contributed by atoms with Crippen molar-refractivity contribution >= 4 is 39.1 Å². The molecule has 0 bridgehead atoms. The minimum Gasteiger partial charge on any atom is -0.352 e. The Morgan fingerprint density at radius 3 is 2.32 bits per heavy atom. The van der Waals surface area contributed by atoms with Crippen molar-refractivity contribution in [2.75, 3.05) is 10.8 Å². The minimum atomic E-state index is -4.14. The highest BCUT2D eigenvalue weighted by atomic mass is 35.5. The van der Waals surface area contributed by atoms with Gasteiger partial charge in [0.1, 0.15) is 12.6 Å². The normalized spacial score (nSPS) is 14.7. The number of nitrogens with one attached hydrogen (secondary N) is 1. The Morgan fingerprint density at radius 1 is 0.951 bits per heavy atom. The van der Waals surface area contributed by atoms with Crippen molar-refractivity contribution in [3.8, 4) is 0 Å². The van der Waals surface area contributed by atoms with Crippen LogP contribution < -0.4 is 9.62 Å². The summed E-state index contributed by atoms with van der Waals surface area (Å²) in [4.78, 5) is 29.1. The van der Waals surface area contributed by atoms with Crippen LogP contribution in [0.4, 0.5) is 5.69 Å². The highest BCUT2D eigenvalue weighted by Gasteiger charge is 2.34. The smallest absolute Gasteiger partial charge is 0.264 e. The number of anilines is 1. The maximum Gasteiger partial charge on any atom is 0.264 e. The van der Waals surface area contributed by atoms with E-state index in [1.807, 2.05) is 31.2 Å². The number of carbonyl (C=O) groups is 2. The molecule has 0 heterocycles. The summed E-state index contributed by atoms with van der Waals surface area (Å²) in [6, 6.07) is 20.0. The highest BCUT2D eigenvalue weighted by Crippen LogP contribution is 2.31. The largest absolute Gasteiger partial charge is 0.352 e. The van der Waals surface area contributed by atoms with Crippen molar-refractivity contribution in [3.63, 3.8) is 0 Å². The van der Waals surface area contributed by atoms with Gasteiger partial charge in [0.15, 0.2) is 0 Å². The van der Waals surface area contributed by atoms with Gasteiger partial charge < -0.3 is 10.2 Å². The molecule has 1 atom stereocenters. The molecule has 1 aliphatic carbocycles. The summed E-state index contributed by atoms with van der Waals surface area (Å²) in [5, 5.41) is 3.52. The fourth-order valence-electron chi connectivity index (χ4n) is 5.26. The molecule has 0 radical (unpaired) electrons. The van der Waals surface area contributed by atoms with Crippen LogP contribution >= 0.6 is 11.6 Å². The average molecular weight is 596 g/mol. The van der Waals surface area contributed by atoms with Crippen molar-refractivity contribution in [2.45, 2.75) is 76.4 Å². The first-order valence-corrected chi connectivity index (χ1v) is 15.9. The zero-order valence-electron chi connectivity index (χ0n) is 23.8. The number of rotatable bonds is 10. The third kappa shape index (κ3) is 7.49. The summed E-state index contributed by atoms with van der Waals surface area (Å²) in [6.45, 7) is 5.05. The molecule has 0 aromatic heterocycles. The lowest BCUT2D eigenvalue weighted by atomic mass is 9.95. The zero-order valence-corrected chi connectivity index (χ0v) is 25.4. The number of amides is 2. The highest BCUT2D eigenvalue weighted by molar-refractivity contribution is 7.92. The first kappa shape index (κ1) is 30.6. The minimum absolute atomic E-state index is 0.0560. The van der Waals surface area contributed by atoms with Crippen molar-refractivity contribution in [1.29, 1.82) is 0 Å². The van der Waals surface area contributed by atoms with Gasteiger partial charge in [0.25, 0.3) is 10.0 Å². The van der Waals surface area contributed by atoms with Gasteiger partial charge in [-0.3, -0.25) is 13.9 Å². The first-order valence-electron chi connectivity index (χ1n) is 14.1. The van der Waals surface area contributed by atoms with Gasteiger partial charge in [-0.15, -0.1) is 0 Å². The van der Waals surface area contributed by atoms with Gasteiger partial charge in [0.05, 0.1) is 10.6 Å². The second-order valence-electron chi connectivity index (χ2n) is 10.7. The number of nitrogens with zero attached hydrogens (tertiary/aromatic N) is 2. The summed E-state index contributed by atoms with van der Waals surface area (Å²) < 4.78 is 29.0. The Kier molecular flexibility index (Phi) is 10.1. The molecular weight excluding hydrogens is 558 g/mol. The van der Waals surface area contributed by atoms with Crippen LogP contribution in [0.5, 0.6) is 0 Å². The summed E-state index contributed by atoms with van der Waals surface area (Å²) in [7, 11) is -4.14. The number of hydrogen-bond donors (Lipinski definition) is 1. The molecule has 0 saturated heterocycles. The number of aryl methyl sites for hydroxylation is 1. The number of hydrogen-bond acceptors (Lipinski definition) is 4. The monoisotopic (exact) mass is 595 g/mol. The van der Waals surface area contributed by atoms with E-state index in [1.54, 1.807) is 50.2 Å². The van der Waals surface area contributed by atoms with E-state index < -0.39 is 28.5 Å². The quantitative estimate of drug-likeness (QED) is 0.311. The van der Waals surface area contributed by atoms with E-state index in [1.165, 1.54) is 17.0 Å². The summed E-state index contributed by atoms with van der Waals surface area (Å²) in [5.74, 6) is -0.731. The Balaban J connectivity index is 1.70. The zero-order chi connectivity index (χ0) is 29.6. The van der Waals surface area contributed by atoms with Crippen molar-refractivity contribution in [1.82, 2.24) is 10.2 Å². The molecule has 2 amide bonds. The van der Waals surface area contributed by atoms with Crippen molar-refractivity contribution < 1.29 is 18.0 Å². The molecule has 3 aromatic carbocycles. The van der Waals surface area contributed by atoms with Gasteiger partial charge in [0.2, 0.25) is 11.8 Å². The van der Waals surface area contributed by atoms with Gasteiger partial charge >= 0.3 is 0 Å². The number of halogens is 1. The molecule has 1 saturated carbocycles. The van der Waals surface area contributed by atoms with E-state index in [9.17, 15) is 18.0 Å². The second-order valence-corrected chi connectivity index (χ2v) is 13.0. The van der Waals surface area contributed by atoms with E-state index in [0.717, 1.165) is 47.5 Å². The predicted molar refractivity (Wildman–Crippen MR) is 163 cm³/mol. The van der Waals surface area contributed by atoms with Crippen molar-refractivity contribution in [2.24, 2.45) is 0 Å². The predicted octanol–water partition coefficient (Wildman–Crippen LogP) is 6.02. The Labute approximate surface area is 248 Å². The Morgan fingerprint density at radius 2 is 1.63 bits per heavy atom. The van der Waals surface area contributed by atoms with Crippen LogP contribution in [0.2, 0.25) is 5.02 Å². The Bertz CT molecular complexity index is 1470. The van der Waals surface area contributed by atoms with Crippen LogP contribution in [0.1, 0.15) is 55.7 Å². The number of sulfonamides is 1. The van der Waals surface area contributed by atoms with E-state index >= 15 is 0 Å². The van der Waals surface area contributed by atoms with Crippen molar-refractivity contribution in [3.05, 3.63) is 94.5 Å². The molecule has 0 unspecified atom stereocenters. The van der Waals surface area contributed by atoms with Crippen LogP contribution in [0, 0.1) is 13.8 Å². The SMILES string of the molecule is Cc1cccc(CN(C(=O)CN(c2cccc(Cl)c2C)S(=O)(=O)c2ccccc2)[C@H](C)C(=O)NC2CCCCC2)c1. The van der Waals surface area contributed by atoms with E-state index in [4.69, 9.17) is 11.6 Å².